The third kappa shape index (κ3) is 4.06. The largest absolute Gasteiger partial charge is 0.454 e. The molecular weight excluding hydrogens is 388 g/mol. The van der Waals surface area contributed by atoms with Crippen molar-refractivity contribution in [2.24, 2.45) is 5.92 Å². The van der Waals surface area contributed by atoms with E-state index in [2.05, 4.69) is 0 Å². The predicted octanol–water partition coefficient (Wildman–Crippen LogP) is 2.87. The van der Waals surface area contributed by atoms with Crippen LogP contribution in [0.15, 0.2) is 18.2 Å². The minimum Gasteiger partial charge on any atom is -0.454 e. The van der Waals surface area contributed by atoms with Crippen molar-refractivity contribution in [3.05, 3.63) is 23.8 Å². The van der Waals surface area contributed by atoms with E-state index in [0.29, 0.717) is 37.2 Å². The van der Waals surface area contributed by atoms with Gasteiger partial charge in [0.05, 0.1) is 5.75 Å². The predicted molar refractivity (Wildman–Crippen MR) is 111 cm³/mol. The van der Waals surface area contributed by atoms with Crippen LogP contribution in [0.3, 0.4) is 0 Å². The summed E-state index contributed by atoms with van der Waals surface area (Å²) in [6.45, 7) is 2.91. The maximum atomic E-state index is 12.9. The number of piperazine rings is 1. The van der Waals surface area contributed by atoms with Crippen LogP contribution in [0, 0.1) is 5.92 Å². The molecule has 2 amide bonds. The normalized spacial score (nSPS) is 26.1. The van der Waals surface area contributed by atoms with Crippen LogP contribution in [0.25, 0.3) is 0 Å². The summed E-state index contributed by atoms with van der Waals surface area (Å²) in [4.78, 5) is 29.3. The van der Waals surface area contributed by atoms with E-state index < -0.39 is 0 Å². The van der Waals surface area contributed by atoms with Crippen LogP contribution in [-0.2, 0) is 9.59 Å². The molecule has 2 atom stereocenters. The molecule has 0 N–H and O–H groups in total. The fourth-order valence-electron chi connectivity index (χ4n) is 4.73. The fourth-order valence-corrected chi connectivity index (χ4v) is 5.95. The van der Waals surface area contributed by atoms with Gasteiger partial charge in [-0.3, -0.25) is 9.59 Å². The van der Waals surface area contributed by atoms with E-state index in [9.17, 15) is 9.59 Å². The number of benzene rings is 1. The van der Waals surface area contributed by atoms with Crippen LogP contribution in [0.2, 0.25) is 0 Å². The first kappa shape index (κ1) is 19.1. The van der Waals surface area contributed by atoms with Gasteiger partial charge in [-0.15, -0.1) is 11.8 Å². The van der Waals surface area contributed by atoms with Crippen molar-refractivity contribution >= 4 is 23.6 Å². The number of thioether (sulfide) groups is 1. The second-order valence-electron chi connectivity index (χ2n) is 8.48. The molecule has 2 aliphatic heterocycles. The Bertz CT molecular complexity index is 787. The van der Waals surface area contributed by atoms with E-state index in [1.165, 1.54) is 25.7 Å². The van der Waals surface area contributed by atoms with Gasteiger partial charge >= 0.3 is 0 Å². The van der Waals surface area contributed by atoms with E-state index in [1.807, 2.05) is 39.8 Å². The maximum absolute atomic E-state index is 12.9. The van der Waals surface area contributed by atoms with Crippen molar-refractivity contribution in [1.82, 2.24) is 9.80 Å². The summed E-state index contributed by atoms with van der Waals surface area (Å²) >= 11 is 1.82. The highest BCUT2D eigenvalue weighted by molar-refractivity contribution is 8.00. The summed E-state index contributed by atoms with van der Waals surface area (Å²) in [6, 6.07) is 5.99. The average Bonchev–Trinajstić information content (AvgIpc) is 3.14. The van der Waals surface area contributed by atoms with Gasteiger partial charge in [0.2, 0.25) is 18.6 Å². The lowest BCUT2D eigenvalue weighted by atomic mass is 10.1. The number of hydrogen-bond acceptors (Lipinski definition) is 5. The van der Waals surface area contributed by atoms with Gasteiger partial charge in [0.15, 0.2) is 11.5 Å². The number of ether oxygens (including phenoxy) is 2. The summed E-state index contributed by atoms with van der Waals surface area (Å²) in [7, 11) is 0. The van der Waals surface area contributed by atoms with Gasteiger partial charge in [-0.2, -0.15) is 0 Å². The average molecular weight is 417 g/mol. The zero-order valence-electron chi connectivity index (χ0n) is 16.7. The van der Waals surface area contributed by atoms with Gasteiger partial charge in [0, 0.05) is 37.3 Å². The molecular formula is C22H28N2O4S. The molecule has 0 bridgehead atoms. The number of nitrogens with zero attached hydrogens (tertiary/aromatic N) is 2. The Hall–Kier alpha value is -1.89. The number of rotatable bonds is 5. The highest BCUT2D eigenvalue weighted by atomic mass is 32.2. The lowest BCUT2D eigenvalue weighted by molar-refractivity contribution is -0.139. The first-order valence-electron chi connectivity index (χ1n) is 10.8. The van der Waals surface area contributed by atoms with E-state index in [-0.39, 0.29) is 30.4 Å². The smallest absolute Gasteiger partial charge is 0.232 e. The number of carbonyl (C=O) groups is 2. The zero-order valence-corrected chi connectivity index (χ0v) is 17.5. The number of hydrogen-bond donors (Lipinski definition) is 0. The van der Waals surface area contributed by atoms with Crippen molar-refractivity contribution < 1.29 is 19.1 Å². The molecule has 5 rings (SSSR count). The molecule has 4 aliphatic rings. The molecule has 0 radical (unpaired) electrons. The highest BCUT2D eigenvalue weighted by Gasteiger charge is 2.46. The summed E-state index contributed by atoms with van der Waals surface area (Å²) in [5, 5.41) is 0.671. The van der Waals surface area contributed by atoms with Gasteiger partial charge < -0.3 is 19.3 Å². The van der Waals surface area contributed by atoms with Gasteiger partial charge in [0.25, 0.3) is 0 Å². The zero-order chi connectivity index (χ0) is 19.8. The Balaban J connectivity index is 1.09. The van der Waals surface area contributed by atoms with Gasteiger partial charge in [0.1, 0.15) is 0 Å². The van der Waals surface area contributed by atoms with E-state index >= 15 is 0 Å². The number of carbonyl (C=O) groups excluding carboxylic acids is 2. The lowest BCUT2D eigenvalue weighted by Crippen LogP contribution is -2.51. The molecule has 1 aromatic rings. The Kier molecular flexibility index (Phi) is 5.33. The fraction of sp³-hybridized carbons (Fsp3) is 0.636. The molecule has 0 aromatic heterocycles. The Morgan fingerprint density at radius 2 is 1.72 bits per heavy atom. The van der Waals surface area contributed by atoms with E-state index in [4.69, 9.17) is 9.47 Å². The molecule has 1 aromatic carbocycles. The minimum absolute atomic E-state index is 0.0653. The van der Waals surface area contributed by atoms with Crippen molar-refractivity contribution in [1.29, 1.82) is 0 Å². The van der Waals surface area contributed by atoms with Crippen LogP contribution in [0.5, 0.6) is 11.5 Å². The molecule has 3 fully saturated rings. The monoisotopic (exact) mass is 416 g/mol. The standard InChI is InChI=1S/C22H28N2O4S/c25-21(13-29-16-3-1-2-4-16)23-7-9-24(10-8-23)22(26)18-12-17(18)15-5-6-19-20(11-15)28-14-27-19/h5-6,11,16-18H,1-4,7-10,12-14H2. The summed E-state index contributed by atoms with van der Waals surface area (Å²) in [6.07, 6.45) is 6.02. The van der Waals surface area contributed by atoms with E-state index in [1.54, 1.807) is 0 Å². The molecule has 29 heavy (non-hydrogen) atoms. The van der Waals surface area contributed by atoms with Crippen LogP contribution >= 0.6 is 11.8 Å². The summed E-state index contributed by atoms with van der Waals surface area (Å²) < 4.78 is 10.8. The van der Waals surface area contributed by atoms with Crippen LogP contribution < -0.4 is 9.47 Å². The second kappa shape index (κ2) is 8.09. The third-order valence-corrected chi connectivity index (χ3v) is 7.98. The molecule has 2 heterocycles. The summed E-state index contributed by atoms with van der Waals surface area (Å²) in [5.74, 6) is 2.97. The van der Waals surface area contributed by atoms with Gasteiger partial charge in [-0.05, 0) is 42.9 Å². The summed E-state index contributed by atoms with van der Waals surface area (Å²) in [5.41, 5.74) is 1.16. The van der Waals surface area contributed by atoms with Crippen LogP contribution in [0.1, 0.15) is 43.6 Å². The molecule has 156 valence electrons. The third-order valence-electron chi connectivity index (χ3n) is 6.62. The SMILES string of the molecule is O=C(CSC1CCCC1)N1CCN(C(=O)C2CC2c2ccc3c(c2)OCO3)CC1. The Morgan fingerprint density at radius 3 is 2.52 bits per heavy atom. The second-order valence-corrected chi connectivity index (χ2v) is 9.77. The number of fused-ring (bicyclic) bond motifs is 1. The number of amides is 2. The lowest BCUT2D eigenvalue weighted by Gasteiger charge is -2.35. The Morgan fingerprint density at radius 1 is 1.00 bits per heavy atom. The Labute approximate surface area is 175 Å². The highest BCUT2D eigenvalue weighted by Crippen LogP contribution is 2.50. The first-order chi connectivity index (χ1) is 14.2. The first-order valence-corrected chi connectivity index (χ1v) is 11.8. The quantitative estimate of drug-likeness (QED) is 0.739. The molecule has 7 heteroatoms. The molecule has 6 nitrogen and oxygen atoms in total. The molecule has 2 aliphatic carbocycles. The topological polar surface area (TPSA) is 59.1 Å². The molecule has 0 spiro atoms. The van der Waals surface area contributed by atoms with Crippen molar-refractivity contribution in [2.45, 2.75) is 43.3 Å². The van der Waals surface area contributed by atoms with Gasteiger partial charge in [-0.25, -0.2) is 0 Å². The minimum atomic E-state index is 0.0653. The van der Waals surface area contributed by atoms with Crippen LogP contribution in [-0.4, -0.2) is 65.6 Å². The van der Waals surface area contributed by atoms with Gasteiger partial charge in [-0.1, -0.05) is 18.9 Å². The molecule has 1 saturated heterocycles. The van der Waals surface area contributed by atoms with E-state index in [0.717, 1.165) is 23.5 Å². The van der Waals surface area contributed by atoms with Crippen molar-refractivity contribution in [3.63, 3.8) is 0 Å². The molecule has 2 unspecified atom stereocenters. The maximum Gasteiger partial charge on any atom is 0.232 e. The molecule has 2 saturated carbocycles. The van der Waals surface area contributed by atoms with Crippen molar-refractivity contribution in [2.75, 3.05) is 38.7 Å². The van der Waals surface area contributed by atoms with Crippen molar-refractivity contribution in [3.8, 4) is 11.5 Å². The van der Waals surface area contributed by atoms with Crippen LogP contribution in [0.4, 0.5) is 0 Å².